The third-order valence-corrected chi connectivity index (χ3v) is 1.90. The SMILES string of the molecule is [3H]NC(=S)Nc1ccc(COC(C)C)cc1. The number of ether oxygens (including phenoxy) is 1. The average molecular weight is 226 g/mol. The van der Waals surface area contributed by atoms with Gasteiger partial charge in [0, 0.05) is 5.69 Å². The van der Waals surface area contributed by atoms with E-state index in [0.717, 1.165) is 11.3 Å². The fourth-order valence-corrected chi connectivity index (χ4v) is 1.20. The Balaban J connectivity index is 2.51. The Labute approximate surface area is 97.1 Å². The van der Waals surface area contributed by atoms with Crippen LogP contribution in [0.3, 0.4) is 0 Å². The largest absolute Gasteiger partial charge is 0.376 e. The van der Waals surface area contributed by atoms with Crippen molar-refractivity contribution in [1.29, 1.82) is 0 Å². The molecule has 0 unspecified atom stereocenters. The zero-order valence-electron chi connectivity index (χ0n) is 9.91. The molecule has 0 amide bonds. The summed E-state index contributed by atoms with van der Waals surface area (Å²) in [6, 6.07) is 7.75. The Bertz CT molecular complexity index is 340. The van der Waals surface area contributed by atoms with Gasteiger partial charge in [0.05, 0.1) is 12.7 Å². The summed E-state index contributed by atoms with van der Waals surface area (Å²) in [6.45, 7) is 4.63. The summed E-state index contributed by atoms with van der Waals surface area (Å²) in [5.41, 5.74) is 4.09. The van der Waals surface area contributed by atoms with E-state index in [4.69, 9.17) is 18.4 Å². The van der Waals surface area contributed by atoms with Gasteiger partial charge in [0.2, 0.25) is 0 Å². The molecular weight excluding hydrogens is 208 g/mol. The molecule has 0 saturated carbocycles. The van der Waals surface area contributed by atoms with E-state index >= 15 is 0 Å². The van der Waals surface area contributed by atoms with Crippen molar-refractivity contribution in [2.45, 2.75) is 26.6 Å². The topological polar surface area (TPSA) is 47.3 Å². The number of benzene rings is 1. The molecule has 82 valence electrons. The van der Waals surface area contributed by atoms with Crippen LogP contribution in [-0.4, -0.2) is 11.2 Å². The molecular formula is C11H16N2OS. The number of thiocarbonyl (C=S) groups is 1. The molecule has 0 aromatic heterocycles. The first kappa shape index (κ1) is 10.4. The van der Waals surface area contributed by atoms with Crippen LogP contribution in [0.4, 0.5) is 5.69 Å². The van der Waals surface area contributed by atoms with E-state index in [0.29, 0.717) is 6.61 Å². The Morgan fingerprint density at radius 3 is 2.73 bits per heavy atom. The Hall–Kier alpha value is -1.13. The summed E-state index contributed by atoms with van der Waals surface area (Å²) < 4.78 is 12.3. The predicted octanol–water partition coefficient (Wildman–Crippen LogP) is 2.27. The highest BCUT2D eigenvalue weighted by Crippen LogP contribution is 2.10. The van der Waals surface area contributed by atoms with Crippen molar-refractivity contribution in [2.24, 2.45) is 5.73 Å². The van der Waals surface area contributed by atoms with E-state index < -0.39 is 0 Å². The van der Waals surface area contributed by atoms with Crippen molar-refractivity contribution < 1.29 is 6.15 Å². The zero-order valence-corrected chi connectivity index (χ0v) is 9.73. The van der Waals surface area contributed by atoms with E-state index in [2.05, 4.69) is 11.0 Å². The normalized spacial score (nSPS) is 11.0. The molecule has 0 heterocycles. The number of rotatable bonds is 4. The standard InChI is InChI=1S/C11H16N2OS/c1-8(2)14-7-9-3-5-10(6-4-9)13-11(12)15/h3-6,8H,7H2,1-2H3,(H3,12,13,15)/i/hT. The average Bonchev–Trinajstić information content (AvgIpc) is 2.28. The highest BCUT2D eigenvalue weighted by Gasteiger charge is 1.97. The monoisotopic (exact) mass is 226 g/mol. The molecule has 0 aliphatic heterocycles. The summed E-state index contributed by atoms with van der Waals surface area (Å²) in [5, 5.41) is 3.16. The van der Waals surface area contributed by atoms with Gasteiger partial charge >= 0.3 is 0 Å². The van der Waals surface area contributed by atoms with Crippen LogP contribution >= 0.6 is 12.2 Å². The van der Waals surface area contributed by atoms with Crippen LogP contribution in [0, 0.1) is 0 Å². The molecule has 1 aromatic rings. The summed E-state index contributed by atoms with van der Waals surface area (Å²) in [5.74, 6) is 0. The first-order valence-electron chi connectivity index (χ1n) is 5.31. The Morgan fingerprint density at radius 1 is 1.53 bits per heavy atom. The van der Waals surface area contributed by atoms with Gasteiger partial charge < -0.3 is 15.8 Å². The van der Waals surface area contributed by atoms with Crippen LogP contribution in [0.5, 0.6) is 0 Å². The van der Waals surface area contributed by atoms with Gasteiger partial charge in [-0.25, -0.2) is 0 Å². The molecule has 3 nitrogen and oxygen atoms in total. The summed E-state index contributed by atoms with van der Waals surface area (Å²) >= 11 is 4.82. The van der Waals surface area contributed by atoms with Gasteiger partial charge in [0.1, 0.15) is 0 Å². The minimum Gasteiger partial charge on any atom is -0.376 e. The molecule has 0 atom stereocenters. The Kier molecular flexibility index (Phi) is 3.93. The Morgan fingerprint density at radius 2 is 2.20 bits per heavy atom. The van der Waals surface area contributed by atoms with Gasteiger partial charge in [-0.15, -0.1) is 0 Å². The van der Waals surface area contributed by atoms with Crippen molar-refractivity contribution in [3.05, 3.63) is 29.8 Å². The maximum atomic E-state index is 6.84. The molecule has 0 bridgehead atoms. The fourth-order valence-electron chi connectivity index (χ4n) is 1.08. The van der Waals surface area contributed by atoms with Crippen molar-refractivity contribution in [3.8, 4) is 0 Å². The zero-order chi connectivity index (χ0) is 12.0. The maximum Gasteiger partial charge on any atom is 0.168 e. The second-order valence-electron chi connectivity index (χ2n) is 3.51. The van der Waals surface area contributed by atoms with Crippen LogP contribution in [0.15, 0.2) is 24.3 Å². The van der Waals surface area contributed by atoms with E-state index in [-0.39, 0.29) is 11.2 Å². The lowest BCUT2D eigenvalue weighted by Crippen LogP contribution is -2.18. The molecule has 0 saturated heterocycles. The molecule has 1 rings (SSSR count). The van der Waals surface area contributed by atoms with E-state index in [9.17, 15) is 0 Å². The van der Waals surface area contributed by atoms with Crippen LogP contribution in [0.25, 0.3) is 0 Å². The first-order valence-corrected chi connectivity index (χ1v) is 5.22. The second-order valence-corrected chi connectivity index (χ2v) is 3.92. The molecule has 0 aliphatic rings. The van der Waals surface area contributed by atoms with E-state index in [1.54, 1.807) is 0 Å². The summed E-state index contributed by atoms with van der Waals surface area (Å²) in [7, 11) is 0. The van der Waals surface area contributed by atoms with Crippen LogP contribution in [-0.2, 0) is 11.3 Å². The van der Waals surface area contributed by atoms with Crippen molar-refractivity contribution in [3.63, 3.8) is 0 Å². The van der Waals surface area contributed by atoms with Crippen molar-refractivity contribution >= 4 is 23.0 Å². The number of nitrogens with two attached hydrogens (primary N) is 1. The van der Waals surface area contributed by atoms with Gasteiger partial charge in [-0.2, -0.15) is 0 Å². The van der Waals surface area contributed by atoms with Crippen LogP contribution in [0.1, 0.15) is 19.4 Å². The molecule has 0 fully saturated rings. The maximum absolute atomic E-state index is 6.84. The van der Waals surface area contributed by atoms with Crippen molar-refractivity contribution in [1.82, 2.24) is 0 Å². The first-order chi connectivity index (χ1) is 7.61. The molecule has 0 radical (unpaired) electrons. The smallest absolute Gasteiger partial charge is 0.168 e. The highest BCUT2D eigenvalue weighted by atomic mass is 32.1. The van der Waals surface area contributed by atoms with Crippen LogP contribution in [0.2, 0.25) is 1.41 Å². The molecule has 1 aromatic carbocycles. The molecule has 0 aliphatic carbocycles. The van der Waals surface area contributed by atoms with Crippen molar-refractivity contribution in [2.75, 3.05) is 5.32 Å². The lowest BCUT2D eigenvalue weighted by Gasteiger charge is -2.08. The quantitative estimate of drug-likeness (QED) is 0.773. The van der Waals surface area contributed by atoms with Gasteiger partial charge in [0.15, 0.2) is 6.52 Å². The van der Waals surface area contributed by atoms with Gasteiger partial charge in [-0.05, 0) is 43.8 Å². The number of anilines is 1. The molecule has 15 heavy (non-hydrogen) atoms. The molecule has 3 N–H and O–H groups in total. The highest BCUT2D eigenvalue weighted by molar-refractivity contribution is 7.80. The number of hydrogen-bond acceptors (Lipinski definition) is 2. The van der Waals surface area contributed by atoms with Gasteiger partial charge in [0.25, 0.3) is 0 Å². The second kappa shape index (κ2) is 5.68. The predicted molar refractivity (Wildman–Crippen MR) is 66.8 cm³/mol. The number of hydrogen-bond donors (Lipinski definition) is 2. The lowest BCUT2D eigenvalue weighted by atomic mass is 10.2. The molecule has 4 heteroatoms. The van der Waals surface area contributed by atoms with Crippen LogP contribution < -0.4 is 11.0 Å². The van der Waals surface area contributed by atoms with Gasteiger partial charge in [-0.3, -0.25) is 0 Å². The minimum atomic E-state index is 0.234. The lowest BCUT2D eigenvalue weighted by molar-refractivity contribution is 0.0657. The third-order valence-electron chi connectivity index (χ3n) is 1.80. The fraction of sp³-hybridized carbons (Fsp3) is 0.364. The summed E-state index contributed by atoms with van der Waals surface area (Å²) in [6.07, 6.45) is 0.234. The minimum absolute atomic E-state index is 0.234. The van der Waals surface area contributed by atoms with Gasteiger partial charge in [-0.1, -0.05) is 12.1 Å². The third kappa shape index (κ3) is 4.76. The van der Waals surface area contributed by atoms with E-state index in [1.165, 1.54) is 0 Å². The molecule has 0 spiro atoms. The van der Waals surface area contributed by atoms with E-state index in [1.807, 2.05) is 38.1 Å². The summed E-state index contributed by atoms with van der Waals surface area (Å²) in [4.78, 5) is 0. The number of nitrogens with one attached hydrogen (secondary N) is 1.